The maximum absolute atomic E-state index is 13.0. The van der Waals surface area contributed by atoms with Crippen LogP contribution in [0.1, 0.15) is 28.9 Å². The summed E-state index contributed by atoms with van der Waals surface area (Å²) in [6, 6.07) is 19.3. The summed E-state index contributed by atoms with van der Waals surface area (Å²) < 4.78 is 13.0. The molecule has 3 aromatic rings. The Hall–Kier alpha value is -3.45. The van der Waals surface area contributed by atoms with Gasteiger partial charge in [-0.15, -0.1) is 0 Å². The number of aromatic hydroxyl groups is 1. The maximum atomic E-state index is 13.0. The zero-order valence-electron chi connectivity index (χ0n) is 15.6. The van der Waals surface area contributed by atoms with E-state index < -0.39 is 0 Å². The van der Waals surface area contributed by atoms with E-state index in [1.54, 1.807) is 48.5 Å². The van der Waals surface area contributed by atoms with Crippen LogP contribution in [0.3, 0.4) is 0 Å². The number of anilines is 2. The zero-order valence-corrected chi connectivity index (χ0v) is 16.5. The highest BCUT2D eigenvalue weighted by molar-refractivity contribution is 7.80. The number of rotatable bonds is 5. The second kappa shape index (κ2) is 9.16. The van der Waals surface area contributed by atoms with Crippen molar-refractivity contribution >= 4 is 34.6 Å². The van der Waals surface area contributed by atoms with Gasteiger partial charge < -0.3 is 21.1 Å². The molecule has 0 fully saturated rings. The highest BCUT2D eigenvalue weighted by Gasteiger charge is 2.08. The lowest BCUT2D eigenvalue weighted by Crippen LogP contribution is -2.30. The molecule has 0 spiro atoms. The van der Waals surface area contributed by atoms with Crippen LogP contribution in [0.15, 0.2) is 72.8 Å². The third kappa shape index (κ3) is 5.76. The molecule has 0 heterocycles. The van der Waals surface area contributed by atoms with Crippen LogP contribution in [-0.2, 0) is 0 Å². The summed E-state index contributed by atoms with van der Waals surface area (Å²) in [7, 11) is 0. The Morgan fingerprint density at radius 2 is 1.45 bits per heavy atom. The number of nitrogens with one attached hydrogen (secondary N) is 3. The average Bonchev–Trinajstić information content (AvgIpc) is 2.70. The Morgan fingerprint density at radius 1 is 0.897 bits per heavy atom. The molecule has 5 nitrogen and oxygen atoms in total. The number of hydrogen-bond donors (Lipinski definition) is 4. The van der Waals surface area contributed by atoms with E-state index >= 15 is 0 Å². The van der Waals surface area contributed by atoms with Gasteiger partial charge in [-0.05, 0) is 85.4 Å². The maximum Gasteiger partial charge on any atom is 0.255 e. The largest absolute Gasteiger partial charge is 0.508 e. The Kier molecular flexibility index (Phi) is 6.41. The standard InChI is InChI=1S/C22H20FN3O2S/c1-14(15-2-6-17(23)7-3-15)24-22(29)26-19-10-8-18(9-11-19)25-21(28)16-4-12-20(27)13-5-16/h2-14,27H,1H3,(H,25,28)(H2,24,26,29). The summed E-state index contributed by atoms with van der Waals surface area (Å²) in [6.07, 6.45) is 0. The predicted molar refractivity (Wildman–Crippen MR) is 117 cm³/mol. The van der Waals surface area contributed by atoms with E-state index in [4.69, 9.17) is 12.2 Å². The van der Waals surface area contributed by atoms with E-state index in [1.807, 2.05) is 6.92 Å². The predicted octanol–water partition coefficient (Wildman–Crippen LogP) is 4.83. The Bertz CT molecular complexity index is 990. The lowest BCUT2D eigenvalue weighted by atomic mass is 10.1. The first kappa shape index (κ1) is 20.3. The van der Waals surface area contributed by atoms with Gasteiger partial charge in [-0.25, -0.2) is 4.39 Å². The van der Waals surface area contributed by atoms with Crippen LogP contribution < -0.4 is 16.0 Å². The lowest BCUT2D eigenvalue weighted by Gasteiger charge is -2.17. The highest BCUT2D eigenvalue weighted by atomic mass is 32.1. The molecule has 1 atom stereocenters. The smallest absolute Gasteiger partial charge is 0.255 e. The van der Waals surface area contributed by atoms with E-state index in [1.165, 1.54) is 24.3 Å². The van der Waals surface area contributed by atoms with E-state index in [0.717, 1.165) is 11.3 Å². The van der Waals surface area contributed by atoms with Crippen LogP contribution in [0.2, 0.25) is 0 Å². The first-order valence-electron chi connectivity index (χ1n) is 8.94. The lowest BCUT2D eigenvalue weighted by molar-refractivity contribution is 0.102. The van der Waals surface area contributed by atoms with Gasteiger partial charge in [-0.3, -0.25) is 4.79 Å². The SMILES string of the molecule is CC(NC(=S)Nc1ccc(NC(=O)c2ccc(O)cc2)cc1)c1ccc(F)cc1. The number of carbonyl (C=O) groups is 1. The Balaban J connectivity index is 1.54. The molecule has 0 bridgehead atoms. The van der Waals surface area contributed by atoms with Crippen LogP contribution in [0.4, 0.5) is 15.8 Å². The monoisotopic (exact) mass is 409 g/mol. The van der Waals surface area contributed by atoms with Crippen LogP contribution in [0, 0.1) is 5.82 Å². The molecule has 148 valence electrons. The van der Waals surface area contributed by atoms with Gasteiger partial charge in [-0.1, -0.05) is 12.1 Å². The number of hydrogen-bond acceptors (Lipinski definition) is 3. The molecule has 3 rings (SSSR count). The number of benzene rings is 3. The molecule has 3 aromatic carbocycles. The minimum absolute atomic E-state index is 0.0838. The fourth-order valence-corrected chi connectivity index (χ4v) is 2.95. The summed E-state index contributed by atoms with van der Waals surface area (Å²) in [5, 5.41) is 18.7. The number of phenolic OH excluding ortho intramolecular Hbond substituents is 1. The second-order valence-electron chi connectivity index (χ2n) is 6.45. The molecule has 4 N–H and O–H groups in total. The Labute approximate surface area is 173 Å². The first-order chi connectivity index (χ1) is 13.9. The van der Waals surface area contributed by atoms with Crippen LogP contribution >= 0.6 is 12.2 Å². The van der Waals surface area contributed by atoms with Gasteiger partial charge in [0, 0.05) is 16.9 Å². The quantitative estimate of drug-likeness (QED) is 0.454. The summed E-state index contributed by atoms with van der Waals surface area (Å²) in [6.45, 7) is 1.93. The minimum atomic E-state index is -0.278. The van der Waals surface area contributed by atoms with Gasteiger partial charge in [0.1, 0.15) is 11.6 Å². The Morgan fingerprint density at radius 3 is 2.03 bits per heavy atom. The summed E-state index contributed by atoms with van der Waals surface area (Å²) in [4.78, 5) is 12.2. The van der Waals surface area contributed by atoms with Crippen LogP contribution in [0.5, 0.6) is 5.75 Å². The third-order valence-corrected chi connectivity index (χ3v) is 4.47. The fourth-order valence-electron chi connectivity index (χ4n) is 2.65. The number of phenols is 1. The van der Waals surface area contributed by atoms with Gasteiger partial charge >= 0.3 is 0 Å². The molecule has 0 aliphatic carbocycles. The topological polar surface area (TPSA) is 73.4 Å². The van der Waals surface area contributed by atoms with Crippen LogP contribution in [-0.4, -0.2) is 16.1 Å². The molecule has 29 heavy (non-hydrogen) atoms. The van der Waals surface area contributed by atoms with Crippen molar-refractivity contribution in [2.24, 2.45) is 0 Å². The number of thiocarbonyl (C=S) groups is 1. The summed E-state index contributed by atoms with van der Waals surface area (Å²) >= 11 is 5.33. The van der Waals surface area contributed by atoms with Crippen molar-refractivity contribution in [1.82, 2.24) is 5.32 Å². The molecule has 0 saturated carbocycles. The van der Waals surface area contributed by atoms with Crippen molar-refractivity contribution in [3.8, 4) is 5.75 Å². The molecule has 1 amide bonds. The van der Waals surface area contributed by atoms with Gasteiger partial charge in [0.25, 0.3) is 5.91 Å². The van der Waals surface area contributed by atoms with Gasteiger partial charge in [0.15, 0.2) is 5.11 Å². The van der Waals surface area contributed by atoms with Crippen molar-refractivity contribution in [2.75, 3.05) is 10.6 Å². The molecule has 0 aliphatic rings. The summed E-state index contributed by atoms with van der Waals surface area (Å²) in [5.74, 6) is -0.439. The number of halogens is 1. The van der Waals surface area contributed by atoms with Gasteiger partial charge in [0.2, 0.25) is 0 Å². The molecule has 1 unspecified atom stereocenters. The van der Waals surface area contributed by atoms with Crippen molar-refractivity contribution in [3.63, 3.8) is 0 Å². The van der Waals surface area contributed by atoms with E-state index in [-0.39, 0.29) is 23.5 Å². The van der Waals surface area contributed by atoms with Crippen molar-refractivity contribution in [2.45, 2.75) is 13.0 Å². The van der Waals surface area contributed by atoms with Crippen molar-refractivity contribution in [3.05, 3.63) is 89.7 Å². The van der Waals surface area contributed by atoms with Crippen molar-refractivity contribution in [1.29, 1.82) is 0 Å². The van der Waals surface area contributed by atoms with Crippen LogP contribution in [0.25, 0.3) is 0 Å². The zero-order chi connectivity index (χ0) is 20.8. The van der Waals surface area contributed by atoms with E-state index in [0.29, 0.717) is 16.4 Å². The number of amides is 1. The first-order valence-corrected chi connectivity index (χ1v) is 9.35. The van der Waals surface area contributed by atoms with E-state index in [9.17, 15) is 14.3 Å². The van der Waals surface area contributed by atoms with E-state index in [2.05, 4.69) is 16.0 Å². The second-order valence-corrected chi connectivity index (χ2v) is 6.86. The minimum Gasteiger partial charge on any atom is -0.508 e. The van der Waals surface area contributed by atoms with Gasteiger partial charge in [0.05, 0.1) is 6.04 Å². The molecule has 0 aliphatic heterocycles. The molecule has 0 saturated heterocycles. The number of carbonyl (C=O) groups excluding carboxylic acids is 1. The molecule has 0 aromatic heterocycles. The molecule has 0 radical (unpaired) electrons. The average molecular weight is 409 g/mol. The molecular weight excluding hydrogens is 389 g/mol. The summed E-state index contributed by atoms with van der Waals surface area (Å²) in [5.41, 5.74) is 2.76. The molecular formula is C22H20FN3O2S. The molecule has 7 heteroatoms. The van der Waals surface area contributed by atoms with Crippen molar-refractivity contribution < 1.29 is 14.3 Å². The third-order valence-electron chi connectivity index (χ3n) is 4.25. The fraction of sp³-hybridized carbons (Fsp3) is 0.0909. The van der Waals surface area contributed by atoms with Gasteiger partial charge in [-0.2, -0.15) is 0 Å². The normalized spacial score (nSPS) is 11.4. The highest BCUT2D eigenvalue weighted by Crippen LogP contribution is 2.17.